The van der Waals surface area contributed by atoms with Crippen molar-refractivity contribution in [3.8, 4) is 17.1 Å². The summed E-state index contributed by atoms with van der Waals surface area (Å²) in [5, 5.41) is 9.09. The maximum absolute atomic E-state index is 13.6. The predicted molar refractivity (Wildman–Crippen MR) is 137 cm³/mol. The highest BCUT2D eigenvalue weighted by Crippen LogP contribution is 2.31. The maximum atomic E-state index is 13.6. The SMILES string of the molecule is CC(Sc1nnc(-c2ccccc2)n1-c1ccc(F)cc1)C(=O)N1CCN(c2ccccc2)CC1. The molecule has 6 nitrogen and oxygen atoms in total. The number of benzene rings is 3. The van der Waals surface area contributed by atoms with E-state index >= 15 is 0 Å². The lowest BCUT2D eigenvalue weighted by atomic mass is 10.2. The minimum Gasteiger partial charge on any atom is -0.368 e. The van der Waals surface area contributed by atoms with Gasteiger partial charge in [-0.15, -0.1) is 10.2 Å². The second-order valence-corrected chi connectivity index (χ2v) is 9.70. The molecule has 0 N–H and O–H groups in total. The Kier molecular flexibility index (Phi) is 6.81. The number of anilines is 1. The normalized spacial score (nSPS) is 14.7. The average molecular weight is 488 g/mol. The van der Waals surface area contributed by atoms with Crippen molar-refractivity contribution >= 4 is 23.4 Å². The minimum atomic E-state index is -0.342. The molecule has 3 aromatic carbocycles. The van der Waals surface area contributed by atoms with Gasteiger partial charge in [0.15, 0.2) is 11.0 Å². The van der Waals surface area contributed by atoms with Crippen molar-refractivity contribution in [3.05, 3.63) is 90.7 Å². The lowest BCUT2D eigenvalue weighted by Crippen LogP contribution is -2.50. The van der Waals surface area contributed by atoms with E-state index < -0.39 is 0 Å². The molecular formula is C27H26FN5OS. The van der Waals surface area contributed by atoms with Gasteiger partial charge < -0.3 is 9.80 Å². The first kappa shape index (κ1) is 23.1. The van der Waals surface area contributed by atoms with E-state index in [1.54, 1.807) is 12.1 Å². The molecule has 2 heterocycles. The fraction of sp³-hybridized carbons (Fsp3) is 0.222. The third-order valence-corrected chi connectivity index (χ3v) is 7.12. The summed E-state index contributed by atoms with van der Waals surface area (Å²) in [6.07, 6.45) is 0. The molecule has 1 saturated heterocycles. The minimum absolute atomic E-state index is 0.0811. The fourth-order valence-corrected chi connectivity index (χ4v) is 5.18. The first-order valence-electron chi connectivity index (χ1n) is 11.6. The van der Waals surface area contributed by atoms with Crippen molar-refractivity contribution in [3.63, 3.8) is 0 Å². The summed E-state index contributed by atoms with van der Waals surface area (Å²) in [5.74, 6) is 0.420. The monoisotopic (exact) mass is 487 g/mol. The molecule has 0 spiro atoms. The van der Waals surface area contributed by atoms with Gasteiger partial charge >= 0.3 is 0 Å². The van der Waals surface area contributed by atoms with Gasteiger partial charge in [-0.3, -0.25) is 9.36 Å². The zero-order valence-electron chi connectivity index (χ0n) is 19.4. The smallest absolute Gasteiger partial charge is 0.236 e. The van der Waals surface area contributed by atoms with Crippen LogP contribution >= 0.6 is 11.8 Å². The van der Waals surface area contributed by atoms with Gasteiger partial charge in [0.2, 0.25) is 5.91 Å². The van der Waals surface area contributed by atoms with E-state index in [0.717, 1.165) is 24.3 Å². The number of hydrogen-bond acceptors (Lipinski definition) is 5. The molecule has 0 bridgehead atoms. The Morgan fingerprint density at radius 1 is 0.829 bits per heavy atom. The summed E-state index contributed by atoms with van der Waals surface area (Å²) >= 11 is 1.37. The summed E-state index contributed by atoms with van der Waals surface area (Å²) in [6, 6.07) is 26.2. The average Bonchev–Trinajstić information content (AvgIpc) is 3.33. The van der Waals surface area contributed by atoms with Gasteiger partial charge in [-0.2, -0.15) is 0 Å². The molecule has 1 aliphatic heterocycles. The number of piperazine rings is 1. The van der Waals surface area contributed by atoms with Gasteiger partial charge in [0.25, 0.3) is 0 Å². The number of hydrogen-bond donors (Lipinski definition) is 0. The van der Waals surface area contributed by atoms with Crippen molar-refractivity contribution in [2.45, 2.75) is 17.3 Å². The van der Waals surface area contributed by atoms with E-state index in [2.05, 4.69) is 27.2 Å². The molecule has 1 fully saturated rings. The number of carbonyl (C=O) groups is 1. The van der Waals surface area contributed by atoms with Crippen LogP contribution in [-0.4, -0.2) is 57.0 Å². The highest BCUT2D eigenvalue weighted by Gasteiger charge is 2.28. The van der Waals surface area contributed by atoms with Crippen LogP contribution in [0.25, 0.3) is 17.1 Å². The number of rotatable bonds is 6. The van der Waals surface area contributed by atoms with Crippen LogP contribution in [0, 0.1) is 5.82 Å². The number of nitrogens with zero attached hydrogens (tertiary/aromatic N) is 5. The molecule has 1 amide bonds. The third kappa shape index (κ3) is 5.07. The number of amides is 1. The Morgan fingerprint density at radius 2 is 1.46 bits per heavy atom. The summed E-state index contributed by atoms with van der Waals surface area (Å²) < 4.78 is 15.5. The third-order valence-electron chi connectivity index (χ3n) is 6.09. The van der Waals surface area contributed by atoms with Crippen LogP contribution in [0.2, 0.25) is 0 Å². The van der Waals surface area contributed by atoms with Crippen LogP contribution in [0.4, 0.5) is 10.1 Å². The molecule has 0 radical (unpaired) electrons. The molecule has 0 saturated carbocycles. The summed E-state index contributed by atoms with van der Waals surface area (Å²) in [6.45, 7) is 4.87. The molecule has 1 atom stereocenters. The molecule has 178 valence electrons. The lowest BCUT2D eigenvalue weighted by Gasteiger charge is -2.37. The maximum Gasteiger partial charge on any atom is 0.236 e. The van der Waals surface area contributed by atoms with Gasteiger partial charge in [0, 0.05) is 43.1 Å². The van der Waals surface area contributed by atoms with Crippen molar-refractivity contribution in [1.29, 1.82) is 0 Å². The van der Waals surface area contributed by atoms with E-state index in [-0.39, 0.29) is 17.0 Å². The second-order valence-electron chi connectivity index (χ2n) is 8.39. The van der Waals surface area contributed by atoms with Crippen LogP contribution in [0.15, 0.2) is 90.1 Å². The van der Waals surface area contributed by atoms with Crippen LogP contribution in [0.3, 0.4) is 0 Å². The van der Waals surface area contributed by atoms with Gasteiger partial charge in [-0.05, 0) is 43.3 Å². The van der Waals surface area contributed by atoms with Gasteiger partial charge in [-0.1, -0.05) is 60.3 Å². The Bertz CT molecular complexity index is 1270. The summed E-state index contributed by atoms with van der Waals surface area (Å²) in [4.78, 5) is 17.5. The van der Waals surface area contributed by atoms with E-state index in [1.165, 1.54) is 29.6 Å². The van der Waals surface area contributed by atoms with Crippen LogP contribution in [0.5, 0.6) is 0 Å². The first-order chi connectivity index (χ1) is 17.1. The molecule has 1 unspecified atom stereocenters. The quantitative estimate of drug-likeness (QED) is 0.362. The van der Waals surface area contributed by atoms with Crippen molar-refractivity contribution in [2.75, 3.05) is 31.1 Å². The van der Waals surface area contributed by atoms with Crippen molar-refractivity contribution < 1.29 is 9.18 Å². The largest absolute Gasteiger partial charge is 0.368 e. The molecule has 1 aliphatic rings. The Hall–Kier alpha value is -3.65. The highest BCUT2D eigenvalue weighted by atomic mass is 32.2. The lowest BCUT2D eigenvalue weighted by molar-refractivity contribution is -0.130. The molecule has 5 rings (SSSR count). The zero-order valence-corrected chi connectivity index (χ0v) is 20.2. The second kappa shape index (κ2) is 10.3. The van der Waals surface area contributed by atoms with Gasteiger partial charge in [-0.25, -0.2) is 4.39 Å². The Labute approximate surface area is 208 Å². The highest BCUT2D eigenvalue weighted by molar-refractivity contribution is 8.00. The predicted octanol–water partition coefficient (Wildman–Crippen LogP) is 4.90. The fourth-order valence-electron chi connectivity index (χ4n) is 4.23. The van der Waals surface area contributed by atoms with E-state index in [9.17, 15) is 9.18 Å². The van der Waals surface area contributed by atoms with Crippen LogP contribution in [0.1, 0.15) is 6.92 Å². The molecule has 1 aromatic heterocycles. The van der Waals surface area contributed by atoms with Crippen LogP contribution < -0.4 is 4.90 Å². The van der Waals surface area contributed by atoms with Crippen LogP contribution in [-0.2, 0) is 4.79 Å². The van der Waals surface area contributed by atoms with Crippen molar-refractivity contribution in [2.24, 2.45) is 0 Å². The zero-order chi connectivity index (χ0) is 24.2. The Balaban J connectivity index is 1.34. The first-order valence-corrected chi connectivity index (χ1v) is 12.5. The number of para-hydroxylation sites is 1. The molecule has 4 aromatic rings. The van der Waals surface area contributed by atoms with Gasteiger partial charge in [0.1, 0.15) is 5.82 Å². The van der Waals surface area contributed by atoms with E-state index in [4.69, 9.17) is 0 Å². The van der Waals surface area contributed by atoms with E-state index in [0.29, 0.717) is 24.1 Å². The molecular weight excluding hydrogens is 461 g/mol. The number of halogens is 1. The summed E-state index contributed by atoms with van der Waals surface area (Å²) in [5.41, 5.74) is 2.82. The Morgan fingerprint density at radius 3 is 2.11 bits per heavy atom. The topological polar surface area (TPSA) is 54.3 Å². The van der Waals surface area contributed by atoms with Gasteiger partial charge in [0.05, 0.1) is 5.25 Å². The summed E-state index contributed by atoms with van der Waals surface area (Å²) in [7, 11) is 0. The number of aromatic nitrogens is 3. The molecule has 8 heteroatoms. The molecule has 0 aliphatic carbocycles. The van der Waals surface area contributed by atoms with E-state index in [1.807, 2.05) is 64.9 Å². The standard InChI is InChI=1S/C27H26FN5OS/c1-20(26(34)32-18-16-31(17-19-32)23-10-6-3-7-11-23)35-27-30-29-25(21-8-4-2-5-9-21)33(27)24-14-12-22(28)13-15-24/h2-15,20H,16-19H2,1H3. The number of carbonyl (C=O) groups excluding carboxylic acids is 1. The number of thioether (sulfide) groups is 1. The van der Waals surface area contributed by atoms with Crippen molar-refractivity contribution in [1.82, 2.24) is 19.7 Å². The molecule has 35 heavy (non-hydrogen) atoms.